The second-order valence-corrected chi connectivity index (χ2v) is 8.33. The fraction of sp³-hybridized carbons (Fsp3) is 0.222. The smallest absolute Gasteiger partial charge is 0.255 e. The van der Waals surface area contributed by atoms with Crippen molar-refractivity contribution in [3.05, 3.63) is 89.5 Å². The van der Waals surface area contributed by atoms with E-state index in [0.717, 1.165) is 16.9 Å². The molecule has 1 aliphatic heterocycles. The van der Waals surface area contributed by atoms with Crippen LogP contribution in [-0.4, -0.2) is 41.8 Å². The highest BCUT2D eigenvalue weighted by Gasteiger charge is 2.31. The number of benzene rings is 3. The molecule has 1 unspecified atom stereocenters. The number of rotatable bonds is 8. The second-order valence-electron chi connectivity index (χ2n) is 8.33. The third-order valence-electron chi connectivity index (χ3n) is 5.88. The fourth-order valence-electron chi connectivity index (χ4n) is 4.12. The molecule has 8 heteroatoms. The predicted octanol–water partition coefficient (Wildman–Crippen LogP) is 3.19. The molecular formula is C27H28N4O4. The van der Waals surface area contributed by atoms with Gasteiger partial charge in [-0.2, -0.15) is 0 Å². The van der Waals surface area contributed by atoms with Gasteiger partial charge in [-0.3, -0.25) is 19.3 Å². The molecule has 0 saturated carbocycles. The molecule has 0 spiro atoms. The van der Waals surface area contributed by atoms with Gasteiger partial charge in [0.2, 0.25) is 11.8 Å². The van der Waals surface area contributed by atoms with Gasteiger partial charge >= 0.3 is 0 Å². The molecule has 8 nitrogen and oxygen atoms in total. The van der Waals surface area contributed by atoms with E-state index in [1.807, 2.05) is 31.2 Å². The molecule has 3 aromatic carbocycles. The van der Waals surface area contributed by atoms with Crippen molar-refractivity contribution < 1.29 is 19.1 Å². The molecule has 0 fully saturated rings. The van der Waals surface area contributed by atoms with Crippen LogP contribution in [0, 0.1) is 0 Å². The maximum Gasteiger partial charge on any atom is 0.255 e. The lowest BCUT2D eigenvalue weighted by atomic mass is 9.93. The molecule has 1 aliphatic rings. The summed E-state index contributed by atoms with van der Waals surface area (Å²) in [5.41, 5.74) is 9.44. The Balaban J connectivity index is 1.34. The van der Waals surface area contributed by atoms with Crippen LogP contribution in [0.2, 0.25) is 0 Å². The number of hydrogen-bond donors (Lipinski definition) is 3. The monoisotopic (exact) mass is 472 g/mol. The van der Waals surface area contributed by atoms with Gasteiger partial charge in [0.05, 0.1) is 19.2 Å². The number of anilines is 2. The van der Waals surface area contributed by atoms with Crippen LogP contribution in [-0.2, 0) is 22.6 Å². The molecule has 0 aromatic heterocycles. The van der Waals surface area contributed by atoms with Gasteiger partial charge in [-0.05, 0) is 73.0 Å². The van der Waals surface area contributed by atoms with Crippen LogP contribution in [0.4, 0.5) is 11.4 Å². The van der Waals surface area contributed by atoms with Crippen molar-refractivity contribution in [3.63, 3.8) is 0 Å². The van der Waals surface area contributed by atoms with Gasteiger partial charge in [-0.25, -0.2) is 0 Å². The lowest BCUT2D eigenvalue weighted by molar-refractivity contribution is -0.125. The molecule has 4 N–H and O–H groups in total. The fourth-order valence-corrected chi connectivity index (χ4v) is 4.12. The van der Waals surface area contributed by atoms with Crippen molar-refractivity contribution in [2.75, 3.05) is 23.8 Å². The Morgan fingerprint density at radius 3 is 2.20 bits per heavy atom. The summed E-state index contributed by atoms with van der Waals surface area (Å²) < 4.78 is 5.40. The minimum absolute atomic E-state index is 0.0297. The average molecular weight is 473 g/mol. The van der Waals surface area contributed by atoms with E-state index in [-0.39, 0.29) is 18.4 Å². The van der Waals surface area contributed by atoms with Gasteiger partial charge in [0.1, 0.15) is 5.75 Å². The van der Waals surface area contributed by atoms with E-state index in [0.29, 0.717) is 36.5 Å². The zero-order chi connectivity index (χ0) is 24.8. The molecule has 0 aliphatic carbocycles. The SMILES string of the molecule is CCOc1ccc(NC(=O)c2ccc(NC(=O)CN3Cc4ccccc4CC3C(N)=O)cc2)cc1. The first-order valence-electron chi connectivity index (χ1n) is 11.5. The van der Waals surface area contributed by atoms with Gasteiger partial charge in [-0.1, -0.05) is 24.3 Å². The van der Waals surface area contributed by atoms with Crippen LogP contribution < -0.4 is 21.1 Å². The standard InChI is InChI=1S/C27H28N4O4/c1-2-35-23-13-11-22(12-14-23)30-27(34)18-7-9-21(10-8-18)29-25(32)17-31-16-20-6-4-3-5-19(20)15-24(31)26(28)33/h3-14,24H,2,15-17H2,1H3,(H2,28,33)(H,29,32)(H,30,34). The zero-order valence-electron chi connectivity index (χ0n) is 19.5. The Hall–Kier alpha value is -4.17. The van der Waals surface area contributed by atoms with Gasteiger partial charge in [0, 0.05) is 23.5 Å². The van der Waals surface area contributed by atoms with Crippen molar-refractivity contribution in [2.24, 2.45) is 5.73 Å². The molecule has 0 bridgehead atoms. The van der Waals surface area contributed by atoms with E-state index in [2.05, 4.69) is 10.6 Å². The lowest BCUT2D eigenvalue weighted by Crippen LogP contribution is -2.50. The lowest BCUT2D eigenvalue weighted by Gasteiger charge is -2.34. The van der Waals surface area contributed by atoms with Gasteiger partial charge in [0.15, 0.2) is 0 Å². The van der Waals surface area contributed by atoms with Crippen molar-refractivity contribution in [2.45, 2.75) is 25.9 Å². The summed E-state index contributed by atoms with van der Waals surface area (Å²) in [6, 6.07) is 21.1. The first-order chi connectivity index (χ1) is 16.9. The van der Waals surface area contributed by atoms with Crippen molar-refractivity contribution >= 4 is 29.1 Å². The highest BCUT2D eigenvalue weighted by molar-refractivity contribution is 6.04. The quantitative estimate of drug-likeness (QED) is 0.466. The summed E-state index contributed by atoms with van der Waals surface area (Å²) in [6.07, 6.45) is 0.483. The molecule has 1 heterocycles. The molecule has 3 amide bonds. The third-order valence-corrected chi connectivity index (χ3v) is 5.88. The molecule has 4 rings (SSSR count). The van der Waals surface area contributed by atoms with Gasteiger partial charge in [0.25, 0.3) is 5.91 Å². The maximum atomic E-state index is 12.7. The van der Waals surface area contributed by atoms with Crippen molar-refractivity contribution in [1.82, 2.24) is 4.90 Å². The first-order valence-corrected chi connectivity index (χ1v) is 11.5. The summed E-state index contributed by atoms with van der Waals surface area (Å²) >= 11 is 0. The van der Waals surface area contributed by atoms with E-state index >= 15 is 0 Å². The Labute approximate surface area is 204 Å². The summed E-state index contributed by atoms with van der Waals surface area (Å²) in [6.45, 7) is 2.99. The van der Waals surface area contributed by atoms with Crippen LogP contribution in [0.3, 0.4) is 0 Å². The average Bonchev–Trinajstić information content (AvgIpc) is 2.85. The molecule has 0 radical (unpaired) electrons. The number of nitrogens with two attached hydrogens (primary N) is 1. The minimum Gasteiger partial charge on any atom is -0.494 e. The van der Waals surface area contributed by atoms with Crippen LogP contribution in [0.25, 0.3) is 0 Å². The summed E-state index contributed by atoms with van der Waals surface area (Å²) in [5, 5.41) is 5.66. The van der Waals surface area contributed by atoms with Crippen LogP contribution in [0.5, 0.6) is 5.75 Å². The zero-order valence-corrected chi connectivity index (χ0v) is 19.5. The highest BCUT2D eigenvalue weighted by atomic mass is 16.5. The number of nitrogens with zero attached hydrogens (tertiary/aromatic N) is 1. The van der Waals surface area contributed by atoms with Crippen molar-refractivity contribution in [1.29, 1.82) is 0 Å². The van der Waals surface area contributed by atoms with E-state index < -0.39 is 11.9 Å². The number of hydrogen-bond acceptors (Lipinski definition) is 5. The number of fused-ring (bicyclic) bond motifs is 1. The Bertz CT molecular complexity index is 1210. The number of amides is 3. The summed E-state index contributed by atoms with van der Waals surface area (Å²) in [7, 11) is 0. The van der Waals surface area contributed by atoms with Crippen LogP contribution in [0.1, 0.15) is 28.4 Å². The van der Waals surface area contributed by atoms with E-state index in [1.165, 1.54) is 0 Å². The minimum atomic E-state index is -0.538. The topological polar surface area (TPSA) is 114 Å². The van der Waals surface area contributed by atoms with Crippen LogP contribution >= 0.6 is 0 Å². The van der Waals surface area contributed by atoms with E-state index in [4.69, 9.17) is 10.5 Å². The molecule has 0 saturated heterocycles. The number of nitrogens with one attached hydrogen (secondary N) is 2. The summed E-state index contributed by atoms with van der Waals surface area (Å²) in [4.78, 5) is 39.0. The summed E-state index contributed by atoms with van der Waals surface area (Å²) in [5.74, 6) is -0.234. The van der Waals surface area contributed by atoms with Gasteiger partial charge in [-0.15, -0.1) is 0 Å². The largest absolute Gasteiger partial charge is 0.494 e. The Morgan fingerprint density at radius 2 is 1.54 bits per heavy atom. The van der Waals surface area contributed by atoms with E-state index in [1.54, 1.807) is 53.4 Å². The molecule has 3 aromatic rings. The van der Waals surface area contributed by atoms with E-state index in [9.17, 15) is 14.4 Å². The molecule has 1 atom stereocenters. The normalized spacial score (nSPS) is 15.1. The molecular weight excluding hydrogens is 444 g/mol. The number of carbonyl (C=O) groups excluding carboxylic acids is 3. The predicted molar refractivity (Wildman–Crippen MR) is 134 cm³/mol. The highest BCUT2D eigenvalue weighted by Crippen LogP contribution is 2.23. The maximum absolute atomic E-state index is 12.7. The molecule has 180 valence electrons. The third kappa shape index (κ3) is 6.04. The number of carbonyl (C=O) groups is 3. The Kier molecular flexibility index (Phi) is 7.42. The first kappa shape index (κ1) is 24.0. The Morgan fingerprint density at radius 1 is 0.914 bits per heavy atom. The number of primary amides is 1. The molecule has 35 heavy (non-hydrogen) atoms. The van der Waals surface area contributed by atoms with Gasteiger partial charge < -0.3 is 21.1 Å². The second kappa shape index (κ2) is 10.8. The van der Waals surface area contributed by atoms with Crippen molar-refractivity contribution in [3.8, 4) is 5.75 Å². The number of ether oxygens (including phenoxy) is 1. The van der Waals surface area contributed by atoms with Crippen LogP contribution in [0.15, 0.2) is 72.8 Å².